The van der Waals surface area contributed by atoms with Crippen LogP contribution in [0.25, 0.3) is 44.3 Å². The van der Waals surface area contributed by atoms with Crippen LogP contribution in [0.4, 0.5) is 0 Å². The number of carboxylic acids is 1. The molecule has 0 fully saturated rings. The number of aromatic carboxylic acids is 1. The highest BCUT2D eigenvalue weighted by Crippen LogP contribution is 2.47. The molecule has 0 aliphatic heterocycles. The Balaban J connectivity index is 0.00000192. The van der Waals surface area contributed by atoms with Crippen LogP contribution < -0.4 is 6.15 Å². The second-order valence-electron chi connectivity index (χ2n) is 6.24. The Morgan fingerprint density at radius 2 is 1.57 bits per heavy atom. The molecule has 140 valence electrons. The molecule has 0 atom stereocenters. The van der Waals surface area contributed by atoms with Crippen LogP contribution in [0.2, 0.25) is 0 Å². The third-order valence-corrected chi connectivity index (χ3v) is 5.61. The monoisotopic (exact) mass is 395 g/mol. The molecule has 5 rings (SSSR count). The number of hydrogen-bond acceptors (Lipinski definition) is 6. The summed E-state index contributed by atoms with van der Waals surface area (Å²) in [5.74, 6) is -1.05. The van der Waals surface area contributed by atoms with E-state index in [0.717, 1.165) is 5.56 Å². The van der Waals surface area contributed by atoms with Gasteiger partial charge in [0.15, 0.2) is 0 Å². The average Bonchev–Trinajstić information content (AvgIpc) is 2.94. The number of nitrogens with zero attached hydrogens (tertiary/aromatic N) is 2. The number of fused-ring (bicyclic) bond motifs is 4. The largest absolute Gasteiger partial charge is 0.478 e. The van der Waals surface area contributed by atoms with Crippen LogP contribution in [0.1, 0.15) is 10.4 Å². The molecule has 28 heavy (non-hydrogen) atoms. The summed E-state index contributed by atoms with van der Waals surface area (Å²) >= 11 is 0. The fourth-order valence-electron chi connectivity index (χ4n) is 3.56. The lowest BCUT2D eigenvalue weighted by atomic mass is 10.0. The van der Waals surface area contributed by atoms with Crippen LogP contribution in [0, 0.1) is 0 Å². The number of aromatic nitrogens is 2. The van der Waals surface area contributed by atoms with Gasteiger partial charge in [0.1, 0.15) is 4.90 Å². The van der Waals surface area contributed by atoms with Crippen molar-refractivity contribution in [1.29, 1.82) is 0 Å². The molecular weight excluding hydrogens is 382 g/mol. The quantitative estimate of drug-likeness (QED) is 0.384. The Bertz CT molecular complexity index is 1430. The molecule has 4 aromatic rings. The molecule has 5 N–H and O–H groups in total. The first-order valence-corrected chi connectivity index (χ1v) is 9.37. The van der Waals surface area contributed by atoms with Gasteiger partial charge in [-0.05, 0) is 24.3 Å². The molecule has 1 heterocycles. The van der Waals surface area contributed by atoms with Crippen molar-refractivity contribution >= 4 is 37.9 Å². The minimum absolute atomic E-state index is 0. The number of carbonyl (C=O) groups is 1. The molecule has 0 unspecified atom stereocenters. The first kappa shape index (κ1) is 18.0. The van der Waals surface area contributed by atoms with E-state index in [9.17, 15) is 22.9 Å². The summed E-state index contributed by atoms with van der Waals surface area (Å²) in [7, 11) is -4.38. The zero-order valence-corrected chi connectivity index (χ0v) is 15.1. The van der Waals surface area contributed by atoms with E-state index in [1.54, 1.807) is 24.3 Å². The first-order chi connectivity index (χ1) is 12.8. The van der Waals surface area contributed by atoms with Gasteiger partial charge in [-0.3, -0.25) is 4.55 Å². The summed E-state index contributed by atoms with van der Waals surface area (Å²) in [4.78, 5) is 20.3. The normalized spacial score (nSPS) is 12.0. The van der Waals surface area contributed by atoms with Gasteiger partial charge in [0, 0.05) is 21.9 Å². The lowest BCUT2D eigenvalue weighted by molar-refractivity contribution is 0.0697. The van der Waals surface area contributed by atoms with Crippen LogP contribution in [0.5, 0.6) is 0 Å². The molecule has 3 aromatic carbocycles. The lowest BCUT2D eigenvalue weighted by Gasteiger charge is -2.06. The zero-order valence-electron chi connectivity index (χ0n) is 14.2. The predicted octanol–water partition coefficient (Wildman–Crippen LogP) is 3.54. The van der Waals surface area contributed by atoms with E-state index >= 15 is 0 Å². The second-order valence-corrected chi connectivity index (χ2v) is 7.63. The van der Waals surface area contributed by atoms with E-state index in [0.29, 0.717) is 38.8 Å². The standard InChI is InChI=1S/C19H10N2O5S.H3N/c22-19(23)9-4-6-13-14(8-9)21-18-12-5-7-15(27(24,25)26)10-2-1-3-11(16(10)12)17(18)20-13;/h1-8H,(H,22,23)(H,24,25,26);1H3. The van der Waals surface area contributed by atoms with Gasteiger partial charge in [-0.1, -0.05) is 24.3 Å². The van der Waals surface area contributed by atoms with Crippen molar-refractivity contribution in [3.63, 3.8) is 0 Å². The highest BCUT2D eigenvalue weighted by molar-refractivity contribution is 7.86. The maximum Gasteiger partial charge on any atom is 0.335 e. The highest BCUT2D eigenvalue weighted by atomic mass is 32.2. The molecule has 0 spiro atoms. The average molecular weight is 395 g/mol. The zero-order chi connectivity index (χ0) is 18.9. The highest BCUT2D eigenvalue weighted by Gasteiger charge is 2.28. The SMILES string of the molecule is N.O=C(O)c1ccc2nc3c(nc2c1)-c1ccc(S(=O)(=O)O)c2cccc-3c12. The smallest absolute Gasteiger partial charge is 0.335 e. The summed E-state index contributed by atoms with van der Waals surface area (Å²) in [5, 5.41) is 10.2. The van der Waals surface area contributed by atoms with Crippen molar-refractivity contribution < 1.29 is 22.9 Å². The summed E-state index contributed by atoms with van der Waals surface area (Å²) < 4.78 is 33.0. The molecule has 0 radical (unpaired) electrons. The molecule has 1 aliphatic rings. The first-order valence-electron chi connectivity index (χ1n) is 7.93. The Hall–Kier alpha value is -3.40. The fourth-order valence-corrected chi connectivity index (χ4v) is 4.25. The minimum atomic E-state index is -4.38. The number of benzene rings is 3. The van der Waals surface area contributed by atoms with Crippen LogP contribution in [0.3, 0.4) is 0 Å². The van der Waals surface area contributed by atoms with Crippen LogP contribution in [-0.4, -0.2) is 34.0 Å². The molecule has 0 saturated heterocycles. The molecule has 1 aromatic heterocycles. The van der Waals surface area contributed by atoms with E-state index in [-0.39, 0.29) is 16.6 Å². The molecule has 0 saturated carbocycles. The summed E-state index contributed by atoms with van der Waals surface area (Å²) in [6.45, 7) is 0. The Morgan fingerprint density at radius 3 is 2.25 bits per heavy atom. The molecule has 0 amide bonds. The molecule has 0 bridgehead atoms. The second kappa shape index (κ2) is 5.80. The Labute approximate surface area is 158 Å². The van der Waals surface area contributed by atoms with Gasteiger partial charge in [-0.2, -0.15) is 8.42 Å². The maximum atomic E-state index is 11.7. The van der Waals surface area contributed by atoms with E-state index in [1.807, 2.05) is 6.07 Å². The Kier molecular flexibility index (Phi) is 3.72. The third kappa shape index (κ3) is 2.38. The molecular formula is C19H13N3O5S. The van der Waals surface area contributed by atoms with E-state index in [4.69, 9.17) is 0 Å². The maximum absolute atomic E-state index is 11.7. The predicted molar refractivity (Wildman–Crippen MR) is 103 cm³/mol. The topological polar surface area (TPSA) is 152 Å². The van der Waals surface area contributed by atoms with E-state index < -0.39 is 16.1 Å². The lowest BCUT2D eigenvalue weighted by Crippen LogP contribution is -1.99. The minimum Gasteiger partial charge on any atom is -0.478 e. The van der Waals surface area contributed by atoms with Gasteiger partial charge in [-0.25, -0.2) is 14.8 Å². The number of rotatable bonds is 2. The van der Waals surface area contributed by atoms with E-state index in [1.165, 1.54) is 18.2 Å². The van der Waals surface area contributed by atoms with Gasteiger partial charge < -0.3 is 11.3 Å². The van der Waals surface area contributed by atoms with Gasteiger partial charge in [0.25, 0.3) is 10.1 Å². The van der Waals surface area contributed by atoms with Crippen LogP contribution in [0.15, 0.2) is 53.4 Å². The van der Waals surface area contributed by atoms with Crippen molar-refractivity contribution in [1.82, 2.24) is 16.1 Å². The van der Waals surface area contributed by atoms with Gasteiger partial charge in [0.05, 0.1) is 28.0 Å². The van der Waals surface area contributed by atoms with Crippen molar-refractivity contribution in [3.8, 4) is 22.5 Å². The summed E-state index contributed by atoms with van der Waals surface area (Å²) in [6, 6.07) is 12.6. The van der Waals surface area contributed by atoms with Crippen molar-refractivity contribution in [3.05, 3.63) is 54.1 Å². The Morgan fingerprint density at radius 1 is 0.893 bits per heavy atom. The van der Waals surface area contributed by atoms with Gasteiger partial charge in [0.2, 0.25) is 0 Å². The van der Waals surface area contributed by atoms with Gasteiger partial charge in [-0.15, -0.1) is 0 Å². The summed E-state index contributed by atoms with van der Waals surface area (Å²) in [5.41, 5.74) is 3.65. The van der Waals surface area contributed by atoms with Crippen molar-refractivity contribution in [2.75, 3.05) is 0 Å². The van der Waals surface area contributed by atoms with Crippen LogP contribution >= 0.6 is 0 Å². The number of hydrogen-bond donors (Lipinski definition) is 3. The van der Waals surface area contributed by atoms with Crippen molar-refractivity contribution in [2.45, 2.75) is 4.90 Å². The summed E-state index contributed by atoms with van der Waals surface area (Å²) in [6.07, 6.45) is 0. The number of carboxylic acid groups (broad SMARTS) is 1. The molecule has 1 aliphatic carbocycles. The molecule has 9 heteroatoms. The van der Waals surface area contributed by atoms with Crippen molar-refractivity contribution in [2.24, 2.45) is 0 Å². The fraction of sp³-hybridized carbons (Fsp3) is 0. The van der Waals surface area contributed by atoms with E-state index in [2.05, 4.69) is 9.97 Å². The van der Waals surface area contributed by atoms with Gasteiger partial charge >= 0.3 is 5.97 Å². The third-order valence-electron chi connectivity index (χ3n) is 4.70. The molecule has 8 nitrogen and oxygen atoms in total. The van der Waals surface area contributed by atoms with Crippen LogP contribution in [-0.2, 0) is 10.1 Å².